The van der Waals surface area contributed by atoms with Crippen LogP contribution in [-0.4, -0.2) is 18.4 Å². The van der Waals surface area contributed by atoms with Gasteiger partial charge in [0.1, 0.15) is 0 Å². The van der Waals surface area contributed by atoms with Crippen LogP contribution in [0.25, 0.3) is 0 Å². The fourth-order valence-corrected chi connectivity index (χ4v) is 1.27. The van der Waals surface area contributed by atoms with Gasteiger partial charge in [-0.05, 0) is 18.6 Å². The maximum absolute atomic E-state index is 11.4. The second kappa shape index (κ2) is 6.05. The summed E-state index contributed by atoms with van der Waals surface area (Å²) in [5, 5.41) is 0. The third-order valence-corrected chi connectivity index (χ3v) is 2.20. The molecular weight excluding hydrogens is 204 g/mol. The minimum Gasteiger partial charge on any atom is -0.462 e. The van der Waals surface area contributed by atoms with Crippen LogP contribution in [0.4, 0.5) is 0 Å². The van der Waals surface area contributed by atoms with Crippen LogP contribution >= 0.6 is 0 Å². The number of esters is 1. The summed E-state index contributed by atoms with van der Waals surface area (Å²) in [6, 6.07) is 6.57. The molecule has 0 aliphatic carbocycles. The Hall–Kier alpha value is -1.64. The van der Waals surface area contributed by atoms with Crippen molar-refractivity contribution in [3.05, 3.63) is 35.4 Å². The maximum Gasteiger partial charge on any atom is 0.338 e. The van der Waals surface area contributed by atoms with Gasteiger partial charge >= 0.3 is 5.97 Å². The molecule has 0 fully saturated rings. The molecule has 86 valence electrons. The average Bonchev–Trinajstić information content (AvgIpc) is 2.35. The van der Waals surface area contributed by atoms with Crippen LogP contribution in [-0.2, 0) is 4.74 Å². The van der Waals surface area contributed by atoms with Crippen molar-refractivity contribution < 1.29 is 14.3 Å². The predicted molar refractivity (Wildman–Crippen MR) is 61.6 cm³/mol. The number of Topliss-reactive ketones (excluding diaryl/α,β-unsaturated/α-hetero) is 1. The molecule has 0 saturated carbocycles. The zero-order valence-corrected chi connectivity index (χ0v) is 9.66. The van der Waals surface area contributed by atoms with E-state index in [0.717, 1.165) is 6.42 Å². The highest BCUT2D eigenvalue weighted by atomic mass is 16.5. The van der Waals surface area contributed by atoms with Gasteiger partial charge < -0.3 is 4.74 Å². The molecule has 0 saturated heterocycles. The number of hydrogen-bond donors (Lipinski definition) is 0. The number of carbonyl (C=O) groups excluding carboxylic acids is 2. The van der Waals surface area contributed by atoms with Crippen LogP contribution in [0.3, 0.4) is 0 Å². The van der Waals surface area contributed by atoms with Gasteiger partial charge in [0.05, 0.1) is 12.2 Å². The fourth-order valence-electron chi connectivity index (χ4n) is 1.27. The molecule has 0 N–H and O–H groups in total. The first-order valence-corrected chi connectivity index (χ1v) is 5.49. The first kappa shape index (κ1) is 12.4. The second-order valence-electron chi connectivity index (χ2n) is 3.49. The van der Waals surface area contributed by atoms with Crippen molar-refractivity contribution in [2.45, 2.75) is 26.7 Å². The zero-order chi connectivity index (χ0) is 12.0. The van der Waals surface area contributed by atoms with Gasteiger partial charge in [0.2, 0.25) is 0 Å². The van der Waals surface area contributed by atoms with Crippen molar-refractivity contribution in [1.29, 1.82) is 0 Å². The highest BCUT2D eigenvalue weighted by Gasteiger charge is 2.08. The van der Waals surface area contributed by atoms with Crippen LogP contribution in [0.15, 0.2) is 24.3 Å². The molecule has 0 radical (unpaired) electrons. The van der Waals surface area contributed by atoms with Crippen LogP contribution in [0.2, 0.25) is 0 Å². The van der Waals surface area contributed by atoms with E-state index in [4.69, 9.17) is 4.74 Å². The molecule has 3 nitrogen and oxygen atoms in total. The van der Waals surface area contributed by atoms with Gasteiger partial charge in [0, 0.05) is 12.0 Å². The molecule has 16 heavy (non-hydrogen) atoms. The van der Waals surface area contributed by atoms with Crippen molar-refractivity contribution in [2.24, 2.45) is 0 Å². The molecule has 1 aromatic rings. The molecule has 0 atom stereocenters. The summed E-state index contributed by atoms with van der Waals surface area (Å²) in [6.07, 6.45) is 1.28. The number of hydrogen-bond acceptors (Lipinski definition) is 3. The number of ketones is 1. The van der Waals surface area contributed by atoms with E-state index in [1.165, 1.54) is 0 Å². The van der Waals surface area contributed by atoms with Crippen LogP contribution in [0.5, 0.6) is 0 Å². The third-order valence-electron chi connectivity index (χ3n) is 2.20. The topological polar surface area (TPSA) is 43.4 Å². The lowest BCUT2D eigenvalue weighted by Crippen LogP contribution is -2.06. The molecule has 0 aromatic heterocycles. The van der Waals surface area contributed by atoms with Gasteiger partial charge in [-0.2, -0.15) is 0 Å². The molecule has 0 spiro atoms. The largest absolute Gasteiger partial charge is 0.462 e. The van der Waals surface area contributed by atoms with E-state index in [9.17, 15) is 9.59 Å². The molecule has 0 heterocycles. The molecule has 1 aromatic carbocycles. The van der Waals surface area contributed by atoms with E-state index in [-0.39, 0.29) is 11.8 Å². The van der Waals surface area contributed by atoms with Gasteiger partial charge in [0.15, 0.2) is 5.78 Å². The van der Waals surface area contributed by atoms with Gasteiger partial charge in [0.25, 0.3) is 0 Å². The van der Waals surface area contributed by atoms with E-state index < -0.39 is 0 Å². The quantitative estimate of drug-likeness (QED) is 0.566. The van der Waals surface area contributed by atoms with E-state index in [2.05, 4.69) is 0 Å². The van der Waals surface area contributed by atoms with Gasteiger partial charge in [-0.15, -0.1) is 0 Å². The number of benzene rings is 1. The normalized spacial score (nSPS) is 9.88. The summed E-state index contributed by atoms with van der Waals surface area (Å²) in [5.74, 6) is -0.258. The van der Waals surface area contributed by atoms with Gasteiger partial charge in [-0.3, -0.25) is 4.79 Å². The van der Waals surface area contributed by atoms with Crippen molar-refractivity contribution in [2.75, 3.05) is 6.61 Å². The Morgan fingerprint density at radius 1 is 1.06 bits per heavy atom. The van der Waals surface area contributed by atoms with Crippen molar-refractivity contribution >= 4 is 11.8 Å². The SMILES string of the molecule is CCCOC(=O)c1ccc(C(=O)CC)cc1. The highest BCUT2D eigenvalue weighted by Crippen LogP contribution is 2.08. The Balaban J connectivity index is 2.71. The van der Waals surface area contributed by atoms with Crippen molar-refractivity contribution in [3.63, 3.8) is 0 Å². The second-order valence-corrected chi connectivity index (χ2v) is 3.49. The van der Waals surface area contributed by atoms with E-state index in [1.54, 1.807) is 24.3 Å². The Labute approximate surface area is 95.4 Å². The minimum absolute atomic E-state index is 0.0773. The van der Waals surface area contributed by atoms with Crippen molar-refractivity contribution in [3.8, 4) is 0 Å². The highest BCUT2D eigenvalue weighted by molar-refractivity contribution is 5.97. The third kappa shape index (κ3) is 3.19. The Morgan fingerprint density at radius 2 is 1.62 bits per heavy atom. The molecule has 3 heteroatoms. The molecule has 0 amide bonds. The lowest BCUT2D eigenvalue weighted by atomic mass is 10.1. The molecule has 0 bridgehead atoms. The molecular formula is C13H16O3. The lowest BCUT2D eigenvalue weighted by molar-refractivity contribution is 0.0505. The van der Waals surface area contributed by atoms with Gasteiger partial charge in [-0.25, -0.2) is 4.79 Å². The van der Waals surface area contributed by atoms with Crippen LogP contribution in [0.1, 0.15) is 47.4 Å². The average molecular weight is 220 g/mol. The van der Waals surface area contributed by atoms with Gasteiger partial charge in [-0.1, -0.05) is 26.0 Å². The van der Waals surface area contributed by atoms with Crippen LogP contribution < -0.4 is 0 Å². The van der Waals surface area contributed by atoms with Crippen LogP contribution in [0, 0.1) is 0 Å². The summed E-state index contributed by atoms with van der Waals surface area (Å²) < 4.78 is 4.98. The smallest absolute Gasteiger partial charge is 0.338 e. The Bertz CT molecular complexity index is 365. The minimum atomic E-state index is -0.336. The molecule has 0 unspecified atom stereocenters. The van der Waals surface area contributed by atoms with Crippen molar-refractivity contribution in [1.82, 2.24) is 0 Å². The first-order chi connectivity index (χ1) is 7.69. The van der Waals surface area contributed by atoms with E-state index in [1.807, 2.05) is 13.8 Å². The number of ether oxygens (including phenoxy) is 1. The first-order valence-electron chi connectivity index (χ1n) is 5.49. The monoisotopic (exact) mass is 220 g/mol. The lowest BCUT2D eigenvalue weighted by Gasteiger charge is -2.03. The summed E-state index contributed by atoms with van der Waals surface area (Å²) in [4.78, 5) is 22.8. The summed E-state index contributed by atoms with van der Waals surface area (Å²) in [5.41, 5.74) is 1.12. The number of carbonyl (C=O) groups is 2. The number of rotatable bonds is 5. The predicted octanol–water partition coefficient (Wildman–Crippen LogP) is 2.85. The summed E-state index contributed by atoms with van der Waals surface area (Å²) >= 11 is 0. The fraction of sp³-hybridized carbons (Fsp3) is 0.385. The standard InChI is InChI=1S/C13H16O3/c1-3-9-16-13(15)11-7-5-10(6-8-11)12(14)4-2/h5-8H,3-4,9H2,1-2H3. The van der Waals surface area contributed by atoms with E-state index in [0.29, 0.717) is 24.2 Å². The maximum atomic E-state index is 11.4. The Kier molecular flexibility index (Phi) is 4.70. The molecule has 1 rings (SSSR count). The molecule has 0 aliphatic heterocycles. The summed E-state index contributed by atoms with van der Waals surface area (Å²) in [7, 11) is 0. The molecule has 0 aliphatic rings. The summed E-state index contributed by atoms with van der Waals surface area (Å²) in [6.45, 7) is 4.18. The van der Waals surface area contributed by atoms with E-state index >= 15 is 0 Å². The zero-order valence-electron chi connectivity index (χ0n) is 9.66. The Morgan fingerprint density at radius 3 is 2.12 bits per heavy atom.